The predicted molar refractivity (Wildman–Crippen MR) is 72.9 cm³/mol. The third-order valence-electron chi connectivity index (χ3n) is 2.26. The number of aromatic nitrogens is 2. The van der Waals surface area contributed by atoms with Crippen LogP contribution in [0.2, 0.25) is 0 Å². The van der Waals surface area contributed by atoms with Crippen LogP contribution < -0.4 is 4.72 Å². The van der Waals surface area contributed by atoms with Crippen LogP contribution in [0.1, 0.15) is 5.56 Å². The second-order valence-corrected chi connectivity index (χ2v) is 6.11. The molecule has 0 spiro atoms. The van der Waals surface area contributed by atoms with Crippen LogP contribution in [-0.2, 0) is 16.6 Å². The minimum atomic E-state index is -3.81. The van der Waals surface area contributed by atoms with Gasteiger partial charge in [-0.15, -0.1) is 0 Å². The van der Waals surface area contributed by atoms with E-state index in [4.69, 9.17) is 5.11 Å². The largest absolute Gasteiger partial charge is 0.392 e. The van der Waals surface area contributed by atoms with Crippen LogP contribution in [-0.4, -0.2) is 23.5 Å². The lowest BCUT2D eigenvalue weighted by molar-refractivity contribution is 0.281. The van der Waals surface area contributed by atoms with Gasteiger partial charge in [0.2, 0.25) is 5.95 Å². The molecule has 0 aliphatic rings. The fourth-order valence-corrected chi connectivity index (χ4v) is 3.35. The summed E-state index contributed by atoms with van der Waals surface area (Å²) in [5.41, 5.74) is 0.498. The van der Waals surface area contributed by atoms with E-state index in [2.05, 4.69) is 30.6 Å². The lowest BCUT2D eigenvalue weighted by atomic mass is 10.2. The predicted octanol–water partition coefficient (Wildman–Crippen LogP) is 1.53. The molecular formula is C11H10BrN3O3S. The van der Waals surface area contributed by atoms with E-state index in [9.17, 15) is 8.42 Å². The summed E-state index contributed by atoms with van der Waals surface area (Å²) in [5.74, 6) is -0.0104. The van der Waals surface area contributed by atoms with Gasteiger partial charge >= 0.3 is 0 Å². The minimum absolute atomic E-state index is 0.0104. The third-order valence-corrected chi connectivity index (χ3v) is 4.58. The average Bonchev–Trinajstić information content (AvgIpc) is 2.39. The Kier molecular flexibility index (Phi) is 4.13. The third kappa shape index (κ3) is 3.28. The van der Waals surface area contributed by atoms with E-state index in [0.717, 1.165) is 0 Å². The van der Waals surface area contributed by atoms with Gasteiger partial charge in [0.05, 0.1) is 6.61 Å². The SMILES string of the molecule is O=S(=O)(Nc1ncccn1)c1cc(CO)ccc1Br. The average molecular weight is 344 g/mol. The molecule has 1 heterocycles. The Morgan fingerprint density at radius 2 is 1.95 bits per heavy atom. The first kappa shape index (κ1) is 13.9. The van der Waals surface area contributed by atoms with Gasteiger partial charge in [-0.2, -0.15) is 0 Å². The van der Waals surface area contributed by atoms with E-state index in [-0.39, 0.29) is 17.5 Å². The van der Waals surface area contributed by atoms with Crippen LogP contribution in [0.3, 0.4) is 0 Å². The molecule has 1 aromatic heterocycles. The maximum atomic E-state index is 12.2. The van der Waals surface area contributed by atoms with Gasteiger partial charge in [-0.05, 0) is 39.7 Å². The topological polar surface area (TPSA) is 92.2 Å². The summed E-state index contributed by atoms with van der Waals surface area (Å²) in [5, 5.41) is 9.05. The monoisotopic (exact) mass is 343 g/mol. The standard InChI is InChI=1S/C11H10BrN3O3S/c12-9-3-2-8(7-16)6-10(9)19(17,18)15-11-13-4-1-5-14-11/h1-6,16H,7H2,(H,13,14,15). The number of nitrogens with zero attached hydrogens (tertiary/aromatic N) is 2. The molecule has 0 saturated carbocycles. The van der Waals surface area contributed by atoms with Crippen molar-refractivity contribution >= 4 is 31.9 Å². The number of hydrogen-bond acceptors (Lipinski definition) is 5. The van der Waals surface area contributed by atoms with Crippen molar-refractivity contribution < 1.29 is 13.5 Å². The zero-order valence-corrected chi connectivity index (χ0v) is 12.0. The van der Waals surface area contributed by atoms with Crippen molar-refractivity contribution in [1.29, 1.82) is 0 Å². The first-order valence-corrected chi connectivity index (χ1v) is 7.49. The summed E-state index contributed by atoms with van der Waals surface area (Å²) in [6.45, 7) is -0.238. The highest BCUT2D eigenvalue weighted by Crippen LogP contribution is 2.24. The summed E-state index contributed by atoms with van der Waals surface area (Å²) >= 11 is 3.17. The number of nitrogens with one attached hydrogen (secondary N) is 1. The Hall–Kier alpha value is -1.51. The molecular weight excluding hydrogens is 334 g/mol. The van der Waals surface area contributed by atoms with E-state index in [1.54, 1.807) is 18.2 Å². The van der Waals surface area contributed by atoms with Crippen LogP contribution in [0.25, 0.3) is 0 Å². The fraction of sp³-hybridized carbons (Fsp3) is 0.0909. The Labute approximate surface area is 118 Å². The van der Waals surface area contributed by atoms with Crippen molar-refractivity contribution in [1.82, 2.24) is 9.97 Å². The fourth-order valence-electron chi connectivity index (χ4n) is 1.38. The second kappa shape index (κ2) is 5.64. The molecule has 0 aliphatic carbocycles. The zero-order valence-electron chi connectivity index (χ0n) is 9.62. The first-order valence-electron chi connectivity index (χ1n) is 5.22. The zero-order chi connectivity index (χ0) is 13.9. The molecule has 0 unspecified atom stereocenters. The van der Waals surface area contributed by atoms with Crippen molar-refractivity contribution in [2.75, 3.05) is 4.72 Å². The number of benzene rings is 1. The van der Waals surface area contributed by atoms with E-state index in [0.29, 0.717) is 10.0 Å². The maximum absolute atomic E-state index is 12.2. The molecule has 0 radical (unpaired) electrons. The van der Waals surface area contributed by atoms with Crippen molar-refractivity contribution in [3.8, 4) is 0 Å². The number of rotatable bonds is 4. The Balaban J connectivity index is 2.39. The highest BCUT2D eigenvalue weighted by molar-refractivity contribution is 9.10. The number of anilines is 1. The molecule has 1 aromatic carbocycles. The molecule has 0 saturated heterocycles. The number of halogens is 1. The van der Waals surface area contributed by atoms with E-state index >= 15 is 0 Å². The number of hydrogen-bond donors (Lipinski definition) is 2. The smallest absolute Gasteiger partial charge is 0.265 e. The molecule has 8 heteroatoms. The van der Waals surface area contributed by atoms with Gasteiger partial charge in [0.1, 0.15) is 4.90 Å². The number of aliphatic hydroxyl groups excluding tert-OH is 1. The molecule has 2 rings (SSSR count). The summed E-state index contributed by atoms with van der Waals surface area (Å²) in [6, 6.07) is 6.16. The molecule has 2 N–H and O–H groups in total. The summed E-state index contributed by atoms with van der Waals surface area (Å²) in [4.78, 5) is 7.61. The molecule has 19 heavy (non-hydrogen) atoms. The molecule has 0 atom stereocenters. The summed E-state index contributed by atoms with van der Waals surface area (Å²) in [7, 11) is -3.81. The lowest BCUT2D eigenvalue weighted by Gasteiger charge is -2.09. The van der Waals surface area contributed by atoms with Gasteiger partial charge in [-0.1, -0.05) is 6.07 Å². The maximum Gasteiger partial charge on any atom is 0.265 e. The van der Waals surface area contributed by atoms with Crippen molar-refractivity contribution in [2.24, 2.45) is 0 Å². The lowest BCUT2D eigenvalue weighted by Crippen LogP contribution is -2.15. The Bertz CT molecular complexity index is 677. The van der Waals surface area contributed by atoms with Gasteiger partial charge in [0, 0.05) is 16.9 Å². The molecule has 6 nitrogen and oxygen atoms in total. The molecule has 2 aromatic rings. The normalized spacial score (nSPS) is 11.3. The van der Waals surface area contributed by atoms with Crippen molar-refractivity contribution in [2.45, 2.75) is 11.5 Å². The highest BCUT2D eigenvalue weighted by atomic mass is 79.9. The van der Waals surface area contributed by atoms with E-state index in [1.165, 1.54) is 18.5 Å². The van der Waals surface area contributed by atoms with Crippen LogP contribution >= 0.6 is 15.9 Å². The first-order chi connectivity index (χ1) is 9.03. The quantitative estimate of drug-likeness (QED) is 0.878. The number of sulfonamides is 1. The Morgan fingerprint density at radius 3 is 2.58 bits per heavy atom. The Morgan fingerprint density at radius 1 is 1.26 bits per heavy atom. The van der Waals surface area contributed by atoms with Crippen LogP contribution in [0.4, 0.5) is 5.95 Å². The molecule has 0 fully saturated rings. The van der Waals surface area contributed by atoms with Gasteiger partial charge < -0.3 is 5.11 Å². The van der Waals surface area contributed by atoms with Crippen molar-refractivity contribution in [3.63, 3.8) is 0 Å². The van der Waals surface area contributed by atoms with Gasteiger partial charge in [0.25, 0.3) is 10.0 Å². The van der Waals surface area contributed by atoms with Gasteiger partial charge in [-0.3, -0.25) is 0 Å². The van der Waals surface area contributed by atoms with Crippen molar-refractivity contribution in [3.05, 3.63) is 46.7 Å². The van der Waals surface area contributed by atoms with Crippen LogP contribution in [0, 0.1) is 0 Å². The summed E-state index contributed by atoms with van der Waals surface area (Å²) in [6.07, 6.45) is 2.87. The molecule has 0 bridgehead atoms. The molecule has 0 amide bonds. The summed E-state index contributed by atoms with van der Waals surface area (Å²) < 4.78 is 27.0. The van der Waals surface area contributed by atoms with Gasteiger partial charge in [-0.25, -0.2) is 23.1 Å². The second-order valence-electron chi connectivity index (χ2n) is 3.60. The number of aliphatic hydroxyl groups is 1. The van der Waals surface area contributed by atoms with E-state index < -0.39 is 10.0 Å². The van der Waals surface area contributed by atoms with E-state index in [1.807, 2.05) is 0 Å². The highest BCUT2D eigenvalue weighted by Gasteiger charge is 2.19. The molecule has 100 valence electrons. The van der Waals surface area contributed by atoms with Crippen LogP contribution in [0.5, 0.6) is 0 Å². The molecule has 0 aliphatic heterocycles. The van der Waals surface area contributed by atoms with Crippen LogP contribution in [0.15, 0.2) is 46.0 Å². The van der Waals surface area contributed by atoms with Gasteiger partial charge in [0.15, 0.2) is 0 Å². The minimum Gasteiger partial charge on any atom is -0.392 e.